The zero-order valence-corrected chi connectivity index (χ0v) is 10.6. The van der Waals surface area contributed by atoms with Crippen LogP contribution in [0.1, 0.15) is 18.1 Å². The predicted octanol–water partition coefficient (Wildman–Crippen LogP) is 1.76. The number of carbonyl (C=O) groups is 1. The van der Waals surface area contributed by atoms with Gasteiger partial charge in [0, 0.05) is 14.1 Å². The van der Waals surface area contributed by atoms with Gasteiger partial charge in [-0.2, -0.15) is 5.26 Å². The highest BCUT2D eigenvalue weighted by Crippen LogP contribution is 2.17. The molecule has 1 unspecified atom stereocenters. The van der Waals surface area contributed by atoms with Crippen molar-refractivity contribution >= 4 is 11.6 Å². The van der Waals surface area contributed by atoms with Crippen molar-refractivity contribution in [2.24, 2.45) is 0 Å². The maximum Gasteiger partial charge on any atom is 0.244 e. The molecule has 0 saturated heterocycles. The molecule has 0 aliphatic heterocycles. The van der Waals surface area contributed by atoms with Crippen molar-refractivity contribution in [3.63, 3.8) is 0 Å². The van der Waals surface area contributed by atoms with E-state index in [0.29, 0.717) is 11.3 Å². The molecule has 0 spiro atoms. The molecule has 1 aromatic rings. The van der Waals surface area contributed by atoms with Gasteiger partial charge in [0.05, 0.1) is 11.3 Å². The topological polar surface area (TPSA) is 56.1 Å². The lowest BCUT2D eigenvalue weighted by molar-refractivity contribution is -0.129. The summed E-state index contributed by atoms with van der Waals surface area (Å²) in [6, 6.07) is 7.27. The van der Waals surface area contributed by atoms with Gasteiger partial charge in [-0.3, -0.25) is 4.79 Å². The quantitative estimate of drug-likeness (QED) is 0.862. The third-order valence-electron chi connectivity index (χ3n) is 2.48. The van der Waals surface area contributed by atoms with E-state index < -0.39 is 0 Å². The lowest BCUT2D eigenvalue weighted by Gasteiger charge is -2.19. The lowest BCUT2D eigenvalue weighted by atomic mass is 10.1. The van der Waals surface area contributed by atoms with E-state index >= 15 is 0 Å². The van der Waals surface area contributed by atoms with Gasteiger partial charge >= 0.3 is 0 Å². The molecule has 90 valence electrons. The van der Waals surface area contributed by atoms with Crippen LogP contribution in [0, 0.1) is 18.3 Å². The first-order valence-corrected chi connectivity index (χ1v) is 5.44. The number of benzene rings is 1. The SMILES string of the molecule is Cc1ccc(C#N)c(NC(C)C(=O)N(C)C)c1. The summed E-state index contributed by atoms with van der Waals surface area (Å²) in [6.45, 7) is 3.73. The van der Waals surface area contributed by atoms with Crippen LogP contribution in [-0.2, 0) is 4.79 Å². The van der Waals surface area contributed by atoms with E-state index in [1.165, 1.54) is 4.90 Å². The minimum Gasteiger partial charge on any atom is -0.373 e. The molecule has 0 aliphatic carbocycles. The molecule has 0 bridgehead atoms. The van der Waals surface area contributed by atoms with Gasteiger partial charge in [0.15, 0.2) is 0 Å². The lowest BCUT2D eigenvalue weighted by Crippen LogP contribution is -2.36. The van der Waals surface area contributed by atoms with E-state index in [4.69, 9.17) is 5.26 Å². The molecule has 1 aromatic carbocycles. The van der Waals surface area contributed by atoms with Crippen LogP contribution in [0.25, 0.3) is 0 Å². The summed E-state index contributed by atoms with van der Waals surface area (Å²) in [4.78, 5) is 13.2. The zero-order valence-electron chi connectivity index (χ0n) is 10.6. The predicted molar refractivity (Wildman–Crippen MR) is 67.7 cm³/mol. The van der Waals surface area contributed by atoms with Crippen LogP contribution >= 0.6 is 0 Å². The fraction of sp³-hybridized carbons (Fsp3) is 0.385. The Hall–Kier alpha value is -2.02. The van der Waals surface area contributed by atoms with Crippen molar-refractivity contribution in [2.75, 3.05) is 19.4 Å². The summed E-state index contributed by atoms with van der Waals surface area (Å²) in [6.07, 6.45) is 0. The van der Waals surface area contributed by atoms with Gasteiger partial charge in [-0.1, -0.05) is 6.07 Å². The van der Waals surface area contributed by atoms with E-state index in [0.717, 1.165) is 5.56 Å². The van der Waals surface area contributed by atoms with E-state index in [1.807, 2.05) is 19.1 Å². The Kier molecular flexibility index (Phi) is 4.11. The number of rotatable bonds is 3. The number of anilines is 1. The standard InChI is InChI=1S/C13H17N3O/c1-9-5-6-11(8-14)12(7-9)15-10(2)13(17)16(3)4/h5-7,10,15H,1-4H3. The second kappa shape index (κ2) is 5.35. The van der Waals surface area contributed by atoms with E-state index in [9.17, 15) is 4.79 Å². The van der Waals surface area contributed by atoms with Crippen LogP contribution in [0.4, 0.5) is 5.69 Å². The molecular weight excluding hydrogens is 214 g/mol. The van der Waals surface area contributed by atoms with E-state index in [-0.39, 0.29) is 11.9 Å². The zero-order chi connectivity index (χ0) is 13.0. The average Bonchev–Trinajstić information content (AvgIpc) is 2.28. The van der Waals surface area contributed by atoms with Crippen molar-refractivity contribution in [1.82, 2.24) is 4.90 Å². The molecule has 0 saturated carbocycles. The average molecular weight is 231 g/mol. The first-order chi connectivity index (χ1) is 7.95. The Labute approximate surface area is 102 Å². The molecule has 0 heterocycles. The van der Waals surface area contributed by atoms with Gasteiger partial charge in [0.2, 0.25) is 5.91 Å². The van der Waals surface area contributed by atoms with Crippen LogP contribution in [0.3, 0.4) is 0 Å². The van der Waals surface area contributed by atoms with Gasteiger partial charge in [0.1, 0.15) is 12.1 Å². The monoisotopic (exact) mass is 231 g/mol. The fourth-order valence-electron chi connectivity index (χ4n) is 1.56. The van der Waals surface area contributed by atoms with Crippen molar-refractivity contribution < 1.29 is 4.79 Å². The van der Waals surface area contributed by atoms with Crippen LogP contribution < -0.4 is 5.32 Å². The highest BCUT2D eigenvalue weighted by Gasteiger charge is 2.15. The molecule has 1 N–H and O–H groups in total. The van der Waals surface area contributed by atoms with Crippen LogP contribution in [-0.4, -0.2) is 30.9 Å². The van der Waals surface area contributed by atoms with E-state index in [2.05, 4.69) is 11.4 Å². The largest absolute Gasteiger partial charge is 0.373 e. The first-order valence-electron chi connectivity index (χ1n) is 5.44. The Morgan fingerprint density at radius 1 is 1.47 bits per heavy atom. The number of hydrogen-bond acceptors (Lipinski definition) is 3. The molecule has 1 rings (SSSR count). The highest BCUT2D eigenvalue weighted by atomic mass is 16.2. The van der Waals surface area contributed by atoms with Crippen LogP contribution in [0.5, 0.6) is 0 Å². The van der Waals surface area contributed by atoms with Gasteiger partial charge < -0.3 is 10.2 Å². The third-order valence-corrected chi connectivity index (χ3v) is 2.48. The van der Waals surface area contributed by atoms with Gasteiger partial charge in [0.25, 0.3) is 0 Å². The molecular formula is C13H17N3O. The van der Waals surface area contributed by atoms with Gasteiger partial charge in [-0.15, -0.1) is 0 Å². The fourth-order valence-corrected chi connectivity index (χ4v) is 1.56. The Morgan fingerprint density at radius 3 is 2.65 bits per heavy atom. The second-order valence-electron chi connectivity index (χ2n) is 4.26. The molecule has 1 atom stereocenters. The number of likely N-dealkylation sites (N-methyl/N-ethyl adjacent to an activating group) is 1. The number of nitriles is 1. The smallest absolute Gasteiger partial charge is 0.244 e. The molecule has 4 nitrogen and oxygen atoms in total. The molecule has 1 amide bonds. The number of nitrogens with one attached hydrogen (secondary N) is 1. The van der Waals surface area contributed by atoms with Crippen molar-refractivity contribution in [3.05, 3.63) is 29.3 Å². The molecule has 17 heavy (non-hydrogen) atoms. The Balaban J connectivity index is 2.92. The summed E-state index contributed by atoms with van der Waals surface area (Å²) >= 11 is 0. The van der Waals surface area contributed by atoms with E-state index in [1.54, 1.807) is 27.1 Å². The molecule has 0 aromatic heterocycles. The number of hydrogen-bond donors (Lipinski definition) is 1. The Morgan fingerprint density at radius 2 is 2.12 bits per heavy atom. The summed E-state index contributed by atoms with van der Waals surface area (Å²) in [7, 11) is 3.42. The number of carbonyl (C=O) groups excluding carboxylic acids is 1. The first kappa shape index (κ1) is 13.0. The second-order valence-corrected chi connectivity index (χ2v) is 4.26. The summed E-state index contributed by atoms with van der Waals surface area (Å²) in [5.41, 5.74) is 2.31. The molecule has 0 radical (unpaired) electrons. The molecule has 4 heteroatoms. The normalized spacial score (nSPS) is 11.5. The summed E-state index contributed by atoms with van der Waals surface area (Å²) in [5.74, 6) is -0.0182. The summed E-state index contributed by atoms with van der Waals surface area (Å²) in [5, 5.41) is 12.1. The minimum atomic E-state index is -0.348. The highest BCUT2D eigenvalue weighted by molar-refractivity contribution is 5.84. The minimum absolute atomic E-state index is 0.0182. The number of nitrogens with zero attached hydrogens (tertiary/aromatic N) is 2. The van der Waals surface area contributed by atoms with Crippen molar-refractivity contribution in [2.45, 2.75) is 19.9 Å². The van der Waals surface area contributed by atoms with Crippen LogP contribution in [0.2, 0.25) is 0 Å². The van der Waals surface area contributed by atoms with Gasteiger partial charge in [-0.05, 0) is 31.5 Å². The number of amides is 1. The maximum atomic E-state index is 11.7. The van der Waals surface area contributed by atoms with Crippen LogP contribution in [0.15, 0.2) is 18.2 Å². The summed E-state index contributed by atoms with van der Waals surface area (Å²) < 4.78 is 0. The van der Waals surface area contributed by atoms with Gasteiger partial charge in [-0.25, -0.2) is 0 Å². The third kappa shape index (κ3) is 3.22. The molecule has 0 fully saturated rings. The van der Waals surface area contributed by atoms with Crippen molar-refractivity contribution in [1.29, 1.82) is 5.26 Å². The number of aryl methyl sites for hydroxylation is 1. The maximum absolute atomic E-state index is 11.7. The van der Waals surface area contributed by atoms with Crippen molar-refractivity contribution in [3.8, 4) is 6.07 Å². The Bertz CT molecular complexity index is 460. The molecule has 0 aliphatic rings.